The lowest BCUT2D eigenvalue weighted by atomic mass is 9.80. The molecule has 0 spiro atoms. The van der Waals surface area contributed by atoms with Crippen molar-refractivity contribution in [2.24, 2.45) is 11.8 Å². The van der Waals surface area contributed by atoms with E-state index in [0.29, 0.717) is 22.4 Å². The second-order valence-corrected chi connectivity index (χ2v) is 7.66. The van der Waals surface area contributed by atoms with E-state index in [0.717, 1.165) is 57.9 Å². The minimum absolute atomic E-state index is 0.0249. The van der Waals surface area contributed by atoms with Crippen molar-refractivity contribution in [3.8, 4) is 0 Å². The molecule has 26 heavy (non-hydrogen) atoms. The Morgan fingerprint density at radius 3 is 2.50 bits per heavy atom. The van der Waals surface area contributed by atoms with E-state index in [4.69, 9.17) is 17.0 Å². The molecule has 0 bridgehead atoms. The van der Waals surface area contributed by atoms with Gasteiger partial charge in [-0.2, -0.15) is 0 Å². The van der Waals surface area contributed by atoms with Crippen LogP contribution in [0.1, 0.15) is 36.0 Å². The first-order valence-electron chi connectivity index (χ1n) is 9.25. The van der Waals surface area contributed by atoms with Gasteiger partial charge in [0.25, 0.3) is 11.5 Å². The van der Waals surface area contributed by atoms with Gasteiger partial charge in [0.05, 0.1) is 10.9 Å². The fraction of sp³-hybridized carbons (Fsp3) is 0.526. The molecule has 138 valence electrons. The molecule has 0 radical (unpaired) electrons. The molecule has 6 nitrogen and oxygen atoms in total. The Morgan fingerprint density at radius 1 is 1.08 bits per heavy atom. The van der Waals surface area contributed by atoms with Crippen molar-refractivity contribution in [2.45, 2.75) is 25.7 Å². The molecule has 7 heteroatoms. The van der Waals surface area contributed by atoms with Crippen molar-refractivity contribution in [1.29, 1.82) is 0 Å². The fourth-order valence-electron chi connectivity index (χ4n) is 4.25. The van der Waals surface area contributed by atoms with E-state index in [1.807, 2.05) is 4.90 Å². The quantitative estimate of drug-likeness (QED) is 0.794. The van der Waals surface area contributed by atoms with Crippen LogP contribution in [0, 0.1) is 16.6 Å². The van der Waals surface area contributed by atoms with Gasteiger partial charge in [0.1, 0.15) is 0 Å². The monoisotopic (exact) mass is 373 g/mol. The third-order valence-electron chi connectivity index (χ3n) is 5.75. The highest BCUT2D eigenvalue weighted by molar-refractivity contribution is 7.71. The van der Waals surface area contributed by atoms with Crippen molar-refractivity contribution >= 4 is 29.0 Å². The molecular formula is C19H23N3O3S. The smallest absolute Gasteiger partial charge is 0.259 e. The Morgan fingerprint density at radius 2 is 1.77 bits per heavy atom. The average Bonchev–Trinajstić information content (AvgIpc) is 2.67. The number of fused-ring (bicyclic) bond motifs is 1. The molecule has 3 heterocycles. The summed E-state index contributed by atoms with van der Waals surface area (Å²) < 4.78 is 5.73. The van der Waals surface area contributed by atoms with Crippen molar-refractivity contribution in [3.63, 3.8) is 0 Å². The third-order valence-corrected chi connectivity index (χ3v) is 5.95. The van der Waals surface area contributed by atoms with Crippen molar-refractivity contribution in [3.05, 3.63) is 38.9 Å². The predicted octanol–water partition coefficient (Wildman–Crippen LogP) is 2.86. The van der Waals surface area contributed by atoms with Gasteiger partial charge in [-0.05, 0) is 67.9 Å². The number of carbonyl (C=O) groups is 1. The standard InChI is InChI=1S/C19H23N3O3S/c23-17-15-2-1-14(11-16(15)20-19(26)21-17)18(24)22-7-3-12(4-8-22)13-5-9-25-10-6-13/h1-2,11-13H,3-10H2,(H2,20,21,23,26). The fourth-order valence-corrected chi connectivity index (χ4v) is 4.45. The third kappa shape index (κ3) is 3.46. The number of aromatic nitrogens is 2. The molecule has 2 aromatic rings. The molecular weight excluding hydrogens is 350 g/mol. The molecule has 0 saturated carbocycles. The first-order chi connectivity index (χ1) is 12.6. The zero-order valence-corrected chi connectivity index (χ0v) is 15.4. The van der Waals surface area contributed by atoms with Crippen LogP contribution >= 0.6 is 12.2 Å². The molecule has 1 amide bonds. The van der Waals surface area contributed by atoms with Crippen LogP contribution in [0.25, 0.3) is 10.9 Å². The number of H-pyrrole nitrogens is 2. The summed E-state index contributed by atoms with van der Waals surface area (Å²) in [6.07, 6.45) is 4.42. The lowest BCUT2D eigenvalue weighted by Crippen LogP contribution is -2.40. The van der Waals surface area contributed by atoms with E-state index in [1.54, 1.807) is 18.2 Å². The van der Waals surface area contributed by atoms with Crippen LogP contribution in [0.4, 0.5) is 0 Å². The number of carbonyl (C=O) groups excluding carboxylic acids is 1. The molecule has 2 fully saturated rings. The first-order valence-corrected chi connectivity index (χ1v) is 9.66. The van der Waals surface area contributed by atoms with E-state index in [2.05, 4.69) is 9.97 Å². The maximum atomic E-state index is 12.9. The van der Waals surface area contributed by atoms with Crippen LogP contribution < -0.4 is 5.56 Å². The lowest BCUT2D eigenvalue weighted by molar-refractivity contribution is 0.0288. The zero-order chi connectivity index (χ0) is 18.1. The van der Waals surface area contributed by atoms with E-state index in [-0.39, 0.29) is 16.2 Å². The molecule has 1 aromatic carbocycles. The molecule has 1 aromatic heterocycles. The number of nitrogens with zero attached hydrogens (tertiary/aromatic N) is 1. The van der Waals surface area contributed by atoms with Crippen LogP contribution in [-0.4, -0.2) is 47.1 Å². The number of amides is 1. The van der Waals surface area contributed by atoms with E-state index in [1.165, 1.54) is 0 Å². The summed E-state index contributed by atoms with van der Waals surface area (Å²) >= 11 is 5.02. The van der Waals surface area contributed by atoms with Gasteiger partial charge in [-0.3, -0.25) is 14.6 Å². The topological polar surface area (TPSA) is 78.2 Å². The Hall–Kier alpha value is -1.99. The highest BCUT2D eigenvalue weighted by atomic mass is 32.1. The summed E-state index contributed by atoms with van der Waals surface area (Å²) in [6, 6.07) is 5.13. The van der Waals surface area contributed by atoms with Crippen LogP contribution in [0.15, 0.2) is 23.0 Å². The summed E-state index contributed by atoms with van der Waals surface area (Å²) in [4.78, 5) is 32.2. The van der Waals surface area contributed by atoms with Gasteiger partial charge >= 0.3 is 0 Å². The minimum Gasteiger partial charge on any atom is -0.381 e. The predicted molar refractivity (Wildman–Crippen MR) is 102 cm³/mol. The number of rotatable bonds is 2. The number of piperidine rings is 1. The number of nitrogens with one attached hydrogen (secondary N) is 2. The summed E-state index contributed by atoms with van der Waals surface area (Å²) in [5.41, 5.74) is 0.958. The van der Waals surface area contributed by atoms with Crippen molar-refractivity contribution in [1.82, 2.24) is 14.9 Å². The number of aromatic amines is 2. The number of ether oxygens (including phenoxy) is 1. The van der Waals surface area contributed by atoms with Gasteiger partial charge in [-0.1, -0.05) is 0 Å². The summed E-state index contributed by atoms with van der Waals surface area (Å²) in [6.45, 7) is 3.34. The molecule has 0 atom stereocenters. The number of likely N-dealkylation sites (tertiary alicyclic amines) is 1. The molecule has 2 aliphatic heterocycles. The maximum absolute atomic E-state index is 12.9. The molecule has 2 saturated heterocycles. The van der Waals surface area contributed by atoms with Gasteiger partial charge in [0, 0.05) is 31.9 Å². The van der Waals surface area contributed by atoms with Gasteiger partial charge in [0.15, 0.2) is 4.77 Å². The Kier molecular flexibility index (Phi) is 4.91. The summed E-state index contributed by atoms with van der Waals surface area (Å²) in [5.74, 6) is 1.47. The van der Waals surface area contributed by atoms with Crippen LogP contribution in [0.5, 0.6) is 0 Å². The summed E-state index contributed by atoms with van der Waals surface area (Å²) in [7, 11) is 0. The highest BCUT2D eigenvalue weighted by Gasteiger charge is 2.29. The van der Waals surface area contributed by atoms with Crippen LogP contribution in [-0.2, 0) is 4.74 Å². The lowest BCUT2D eigenvalue weighted by Gasteiger charge is -2.37. The molecule has 0 unspecified atom stereocenters. The molecule has 4 rings (SSSR count). The van der Waals surface area contributed by atoms with Gasteiger partial charge < -0.3 is 14.6 Å². The zero-order valence-electron chi connectivity index (χ0n) is 14.6. The Bertz CT molecular complexity index is 922. The highest BCUT2D eigenvalue weighted by Crippen LogP contribution is 2.32. The first kappa shape index (κ1) is 17.4. The van der Waals surface area contributed by atoms with Crippen LogP contribution in [0.3, 0.4) is 0 Å². The van der Waals surface area contributed by atoms with E-state index >= 15 is 0 Å². The average molecular weight is 373 g/mol. The maximum Gasteiger partial charge on any atom is 0.259 e. The van der Waals surface area contributed by atoms with Crippen molar-refractivity contribution < 1.29 is 9.53 Å². The second-order valence-electron chi connectivity index (χ2n) is 7.25. The van der Waals surface area contributed by atoms with Crippen LogP contribution in [0.2, 0.25) is 0 Å². The van der Waals surface area contributed by atoms with Gasteiger partial charge in [0.2, 0.25) is 0 Å². The van der Waals surface area contributed by atoms with Gasteiger partial charge in [-0.15, -0.1) is 0 Å². The SMILES string of the molecule is O=C(c1ccc2c(=O)[nH]c(=S)[nH]c2c1)N1CCC(C2CCOCC2)CC1. The number of benzene rings is 1. The molecule has 2 N–H and O–H groups in total. The number of hydrogen-bond acceptors (Lipinski definition) is 4. The summed E-state index contributed by atoms with van der Waals surface area (Å²) in [5, 5.41) is 0.508. The molecule has 0 aliphatic carbocycles. The Labute approximate surface area is 156 Å². The number of hydrogen-bond donors (Lipinski definition) is 2. The van der Waals surface area contributed by atoms with Crippen molar-refractivity contribution in [2.75, 3.05) is 26.3 Å². The largest absolute Gasteiger partial charge is 0.381 e. The van der Waals surface area contributed by atoms with E-state index < -0.39 is 0 Å². The van der Waals surface area contributed by atoms with E-state index in [9.17, 15) is 9.59 Å². The Balaban J connectivity index is 1.47. The molecule has 2 aliphatic rings. The van der Waals surface area contributed by atoms with Gasteiger partial charge in [-0.25, -0.2) is 0 Å². The normalized spacial score (nSPS) is 19.8. The minimum atomic E-state index is -0.236. The second kappa shape index (κ2) is 7.32.